The van der Waals surface area contributed by atoms with Crippen LogP contribution in [0.2, 0.25) is 0 Å². The van der Waals surface area contributed by atoms with Gasteiger partial charge in [0.1, 0.15) is 5.75 Å². The van der Waals surface area contributed by atoms with E-state index in [0.717, 1.165) is 11.7 Å². The first-order chi connectivity index (χ1) is 7.83. The number of benzene rings is 1. The van der Waals surface area contributed by atoms with Gasteiger partial charge in [-0.3, -0.25) is 0 Å². The number of ether oxygens (including phenoxy) is 1. The molecule has 0 atom stereocenters. The van der Waals surface area contributed by atoms with Crippen molar-refractivity contribution in [1.82, 2.24) is 0 Å². The SMILES string of the molecule is [CH2]C=C1CCC(c2ccc(OC)cc2)CC1. The Balaban J connectivity index is 2.02. The first kappa shape index (κ1) is 11.3. The molecule has 1 nitrogen and oxygen atoms in total. The number of methoxy groups -OCH3 is 1. The lowest BCUT2D eigenvalue weighted by Gasteiger charge is -2.24. The molecule has 85 valence electrons. The Hall–Kier alpha value is -1.24. The van der Waals surface area contributed by atoms with E-state index in [4.69, 9.17) is 4.74 Å². The molecule has 0 spiro atoms. The Morgan fingerprint density at radius 3 is 2.31 bits per heavy atom. The van der Waals surface area contributed by atoms with Crippen LogP contribution in [0, 0.1) is 6.92 Å². The van der Waals surface area contributed by atoms with Crippen molar-refractivity contribution in [3.8, 4) is 5.75 Å². The van der Waals surface area contributed by atoms with Gasteiger partial charge in [-0.1, -0.05) is 23.8 Å². The zero-order chi connectivity index (χ0) is 11.4. The molecular formula is C15H19O. The van der Waals surface area contributed by atoms with Crippen LogP contribution in [0.15, 0.2) is 35.9 Å². The second kappa shape index (κ2) is 5.20. The van der Waals surface area contributed by atoms with Gasteiger partial charge in [-0.05, 0) is 56.2 Å². The molecule has 0 heterocycles. The van der Waals surface area contributed by atoms with Crippen molar-refractivity contribution in [3.05, 3.63) is 48.4 Å². The summed E-state index contributed by atoms with van der Waals surface area (Å²) in [5.41, 5.74) is 2.97. The van der Waals surface area contributed by atoms with E-state index in [1.165, 1.54) is 36.8 Å². The van der Waals surface area contributed by atoms with Crippen LogP contribution < -0.4 is 4.74 Å². The van der Waals surface area contributed by atoms with Gasteiger partial charge < -0.3 is 4.74 Å². The van der Waals surface area contributed by atoms with Crippen molar-refractivity contribution in [1.29, 1.82) is 0 Å². The van der Waals surface area contributed by atoms with Gasteiger partial charge in [0.15, 0.2) is 0 Å². The first-order valence-electron chi connectivity index (χ1n) is 5.94. The van der Waals surface area contributed by atoms with Crippen LogP contribution in [-0.4, -0.2) is 7.11 Å². The van der Waals surface area contributed by atoms with Crippen molar-refractivity contribution in [2.24, 2.45) is 0 Å². The van der Waals surface area contributed by atoms with E-state index < -0.39 is 0 Å². The summed E-state index contributed by atoms with van der Waals surface area (Å²) in [5.74, 6) is 1.66. The fourth-order valence-electron chi connectivity index (χ4n) is 2.40. The Morgan fingerprint density at radius 1 is 1.19 bits per heavy atom. The summed E-state index contributed by atoms with van der Waals surface area (Å²) < 4.78 is 5.17. The van der Waals surface area contributed by atoms with Gasteiger partial charge in [-0.15, -0.1) is 0 Å². The smallest absolute Gasteiger partial charge is 0.118 e. The number of allylic oxidation sites excluding steroid dienone is 2. The van der Waals surface area contributed by atoms with E-state index in [1.54, 1.807) is 7.11 Å². The second-order valence-corrected chi connectivity index (χ2v) is 4.41. The molecule has 2 rings (SSSR count). The molecule has 1 aliphatic rings. The number of hydrogen-bond acceptors (Lipinski definition) is 1. The summed E-state index contributed by atoms with van der Waals surface area (Å²) >= 11 is 0. The van der Waals surface area contributed by atoms with E-state index in [0.29, 0.717) is 0 Å². The molecule has 1 saturated carbocycles. The maximum absolute atomic E-state index is 5.17. The highest BCUT2D eigenvalue weighted by Gasteiger charge is 2.17. The lowest BCUT2D eigenvalue weighted by molar-refractivity contribution is 0.414. The molecule has 1 aliphatic carbocycles. The van der Waals surface area contributed by atoms with E-state index in [-0.39, 0.29) is 0 Å². The zero-order valence-electron chi connectivity index (χ0n) is 9.91. The van der Waals surface area contributed by atoms with Gasteiger partial charge in [0.05, 0.1) is 7.11 Å². The third-order valence-electron chi connectivity index (χ3n) is 3.50. The normalized spacial score (nSPS) is 20.6. The highest BCUT2D eigenvalue weighted by atomic mass is 16.5. The summed E-state index contributed by atoms with van der Waals surface area (Å²) in [6, 6.07) is 8.51. The lowest BCUT2D eigenvalue weighted by Crippen LogP contribution is -2.06. The van der Waals surface area contributed by atoms with Crippen LogP contribution in [0.3, 0.4) is 0 Å². The van der Waals surface area contributed by atoms with E-state index in [9.17, 15) is 0 Å². The van der Waals surface area contributed by atoms with Crippen molar-refractivity contribution < 1.29 is 4.74 Å². The topological polar surface area (TPSA) is 9.23 Å². The lowest BCUT2D eigenvalue weighted by atomic mass is 9.81. The molecule has 0 aliphatic heterocycles. The Bertz CT molecular complexity index is 352. The van der Waals surface area contributed by atoms with Gasteiger partial charge in [0, 0.05) is 0 Å². The van der Waals surface area contributed by atoms with Gasteiger partial charge >= 0.3 is 0 Å². The highest BCUT2D eigenvalue weighted by molar-refractivity contribution is 5.30. The summed E-state index contributed by atoms with van der Waals surface area (Å²) in [6.45, 7) is 3.85. The van der Waals surface area contributed by atoms with Crippen molar-refractivity contribution >= 4 is 0 Å². The van der Waals surface area contributed by atoms with Crippen LogP contribution in [0.5, 0.6) is 5.75 Å². The quantitative estimate of drug-likeness (QED) is 0.721. The molecule has 1 aromatic carbocycles. The predicted molar refractivity (Wildman–Crippen MR) is 67.6 cm³/mol. The molecule has 0 saturated heterocycles. The summed E-state index contributed by atoms with van der Waals surface area (Å²) in [6.07, 6.45) is 6.96. The fourth-order valence-corrected chi connectivity index (χ4v) is 2.40. The van der Waals surface area contributed by atoms with Crippen LogP contribution in [-0.2, 0) is 0 Å². The molecule has 0 aromatic heterocycles. The second-order valence-electron chi connectivity index (χ2n) is 4.41. The van der Waals surface area contributed by atoms with Crippen LogP contribution >= 0.6 is 0 Å². The fraction of sp³-hybridized carbons (Fsp3) is 0.400. The van der Waals surface area contributed by atoms with Gasteiger partial charge in [0.2, 0.25) is 0 Å². The maximum Gasteiger partial charge on any atom is 0.118 e. The van der Waals surface area contributed by atoms with E-state index in [1.807, 2.05) is 6.08 Å². The van der Waals surface area contributed by atoms with E-state index >= 15 is 0 Å². The molecule has 1 fully saturated rings. The molecule has 1 heteroatoms. The van der Waals surface area contributed by atoms with Gasteiger partial charge in [0.25, 0.3) is 0 Å². The van der Waals surface area contributed by atoms with Gasteiger partial charge in [-0.2, -0.15) is 0 Å². The minimum Gasteiger partial charge on any atom is -0.497 e. The monoisotopic (exact) mass is 215 g/mol. The Morgan fingerprint density at radius 2 is 1.81 bits per heavy atom. The van der Waals surface area contributed by atoms with Crippen molar-refractivity contribution in [2.45, 2.75) is 31.6 Å². The van der Waals surface area contributed by atoms with Crippen molar-refractivity contribution in [2.75, 3.05) is 7.11 Å². The minimum absolute atomic E-state index is 0.717. The Kier molecular flexibility index (Phi) is 3.66. The number of hydrogen-bond donors (Lipinski definition) is 0. The molecule has 16 heavy (non-hydrogen) atoms. The maximum atomic E-state index is 5.17. The minimum atomic E-state index is 0.717. The van der Waals surface area contributed by atoms with Gasteiger partial charge in [-0.25, -0.2) is 0 Å². The third-order valence-corrected chi connectivity index (χ3v) is 3.50. The summed E-state index contributed by atoms with van der Waals surface area (Å²) in [5, 5.41) is 0. The van der Waals surface area contributed by atoms with Crippen molar-refractivity contribution in [3.63, 3.8) is 0 Å². The van der Waals surface area contributed by atoms with E-state index in [2.05, 4.69) is 31.2 Å². The zero-order valence-corrected chi connectivity index (χ0v) is 9.91. The summed E-state index contributed by atoms with van der Waals surface area (Å²) in [7, 11) is 1.71. The average molecular weight is 215 g/mol. The third kappa shape index (κ3) is 2.46. The first-order valence-corrected chi connectivity index (χ1v) is 5.94. The largest absolute Gasteiger partial charge is 0.497 e. The summed E-state index contributed by atoms with van der Waals surface area (Å²) in [4.78, 5) is 0. The Labute approximate surface area is 98.1 Å². The van der Waals surface area contributed by atoms with Crippen LogP contribution in [0.4, 0.5) is 0 Å². The van der Waals surface area contributed by atoms with Crippen LogP contribution in [0.1, 0.15) is 37.2 Å². The molecule has 0 unspecified atom stereocenters. The molecule has 1 radical (unpaired) electrons. The highest BCUT2D eigenvalue weighted by Crippen LogP contribution is 2.35. The number of rotatable bonds is 2. The molecule has 0 amide bonds. The van der Waals surface area contributed by atoms with Crippen LogP contribution in [0.25, 0.3) is 0 Å². The molecule has 1 aromatic rings. The predicted octanol–water partition coefficient (Wildman–Crippen LogP) is 4.11. The molecular weight excluding hydrogens is 196 g/mol. The molecule has 0 N–H and O–H groups in total. The standard InChI is InChI=1S/C15H19O/c1-3-12-4-6-13(7-5-12)14-8-10-15(16-2)11-9-14/h3,8-11,13H,1,4-7H2,2H3. The average Bonchev–Trinajstić information content (AvgIpc) is 2.39. The molecule has 0 bridgehead atoms.